The fourth-order valence-corrected chi connectivity index (χ4v) is 2.76. The van der Waals surface area contributed by atoms with Crippen molar-refractivity contribution in [1.29, 1.82) is 0 Å². The minimum absolute atomic E-state index is 0.262. The predicted molar refractivity (Wildman–Crippen MR) is 105 cm³/mol. The number of pyridine rings is 1. The van der Waals surface area contributed by atoms with Gasteiger partial charge in [0.15, 0.2) is 5.69 Å². The van der Waals surface area contributed by atoms with E-state index in [2.05, 4.69) is 20.3 Å². The number of carbonyl (C=O) groups excluding carboxylic acids is 1. The van der Waals surface area contributed by atoms with Gasteiger partial charge in [-0.05, 0) is 17.7 Å². The number of rotatable bonds is 4. The molecule has 2 aromatic carbocycles. The van der Waals surface area contributed by atoms with Crippen molar-refractivity contribution in [3.05, 3.63) is 97.1 Å². The smallest absolute Gasteiger partial charge is 0.277 e. The van der Waals surface area contributed by atoms with Crippen LogP contribution in [0.15, 0.2) is 91.4 Å². The number of hydrogen-bond acceptors (Lipinski definition) is 4. The molecule has 1 N–H and O–H groups in total. The molecule has 0 fully saturated rings. The van der Waals surface area contributed by atoms with Crippen LogP contribution in [-0.2, 0) is 0 Å². The molecular formula is C22H16N4O. The number of benzene rings is 2. The Labute approximate surface area is 156 Å². The number of aromatic nitrogens is 3. The van der Waals surface area contributed by atoms with Gasteiger partial charge in [0.25, 0.3) is 5.91 Å². The zero-order valence-corrected chi connectivity index (χ0v) is 14.4. The maximum atomic E-state index is 12.7. The Bertz CT molecular complexity index is 1050. The maximum absolute atomic E-state index is 12.7. The summed E-state index contributed by atoms with van der Waals surface area (Å²) >= 11 is 0. The van der Waals surface area contributed by atoms with E-state index in [1.807, 2.05) is 66.7 Å². The molecule has 0 aliphatic carbocycles. The molecule has 0 saturated carbocycles. The highest BCUT2D eigenvalue weighted by Gasteiger charge is 2.16. The lowest BCUT2D eigenvalue weighted by Gasteiger charge is -2.08. The first-order chi connectivity index (χ1) is 13.3. The number of anilines is 1. The molecule has 130 valence electrons. The average molecular weight is 352 g/mol. The maximum Gasteiger partial charge on any atom is 0.277 e. The van der Waals surface area contributed by atoms with Gasteiger partial charge >= 0.3 is 0 Å². The number of amides is 1. The van der Waals surface area contributed by atoms with Crippen LogP contribution in [0.1, 0.15) is 10.5 Å². The molecule has 0 bridgehead atoms. The van der Waals surface area contributed by atoms with Gasteiger partial charge in [-0.1, -0.05) is 60.7 Å². The summed E-state index contributed by atoms with van der Waals surface area (Å²) in [6, 6.07) is 23.2. The molecule has 0 spiro atoms. The van der Waals surface area contributed by atoms with E-state index in [0.29, 0.717) is 11.5 Å². The van der Waals surface area contributed by atoms with Gasteiger partial charge in [-0.25, -0.2) is 9.97 Å². The second-order valence-corrected chi connectivity index (χ2v) is 5.87. The lowest BCUT2D eigenvalue weighted by atomic mass is 10.1. The Morgan fingerprint density at radius 1 is 0.667 bits per heavy atom. The number of nitrogens with zero attached hydrogens (tertiary/aromatic N) is 3. The van der Waals surface area contributed by atoms with Crippen molar-refractivity contribution in [1.82, 2.24) is 15.0 Å². The fourth-order valence-electron chi connectivity index (χ4n) is 2.76. The van der Waals surface area contributed by atoms with Crippen molar-refractivity contribution in [2.24, 2.45) is 0 Å². The quantitative estimate of drug-likeness (QED) is 0.589. The molecule has 4 aromatic rings. The molecule has 2 heterocycles. The van der Waals surface area contributed by atoms with Crippen molar-refractivity contribution in [3.8, 4) is 22.4 Å². The van der Waals surface area contributed by atoms with Gasteiger partial charge in [0.1, 0.15) is 11.5 Å². The van der Waals surface area contributed by atoms with Gasteiger partial charge in [0, 0.05) is 29.7 Å². The van der Waals surface area contributed by atoms with E-state index in [-0.39, 0.29) is 11.6 Å². The summed E-state index contributed by atoms with van der Waals surface area (Å²) in [5.41, 5.74) is 3.69. The van der Waals surface area contributed by atoms with Crippen molar-refractivity contribution >= 4 is 11.7 Å². The summed E-state index contributed by atoms with van der Waals surface area (Å²) in [6.45, 7) is 0. The molecule has 4 rings (SSSR count). The van der Waals surface area contributed by atoms with Crippen LogP contribution in [-0.4, -0.2) is 20.9 Å². The van der Waals surface area contributed by atoms with Crippen molar-refractivity contribution in [3.63, 3.8) is 0 Å². The minimum Gasteiger partial charge on any atom is -0.305 e. The van der Waals surface area contributed by atoms with Crippen molar-refractivity contribution in [2.75, 3.05) is 5.32 Å². The molecule has 27 heavy (non-hydrogen) atoms. The van der Waals surface area contributed by atoms with E-state index in [0.717, 1.165) is 16.7 Å². The molecule has 0 aliphatic heterocycles. The normalized spacial score (nSPS) is 10.4. The number of hydrogen-bond donors (Lipinski definition) is 1. The second-order valence-electron chi connectivity index (χ2n) is 5.87. The summed E-state index contributed by atoms with van der Waals surface area (Å²) in [5.74, 6) is 0.117. The summed E-state index contributed by atoms with van der Waals surface area (Å²) in [4.78, 5) is 25.6. The van der Waals surface area contributed by atoms with Crippen LogP contribution in [0.3, 0.4) is 0 Å². The zero-order valence-electron chi connectivity index (χ0n) is 14.4. The Balaban J connectivity index is 1.57. The Kier molecular flexibility index (Phi) is 4.66. The average Bonchev–Trinajstić information content (AvgIpc) is 2.75. The van der Waals surface area contributed by atoms with Gasteiger partial charge in [0.05, 0.1) is 0 Å². The molecule has 0 atom stereocenters. The second kappa shape index (κ2) is 7.58. The Hall–Kier alpha value is -3.86. The van der Waals surface area contributed by atoms with Crippen LogP contribution in [0.5, 0.6) is 0 Å². The molecule has 2 aromatic heterocycles. The van der Waals surface area contributed by atoms with Crippen LogP contribution in [0.25, 0.3) is 22.4 Å². The van der Waals surface area contributed by atoms with Crippen LogP contribution in [0.4, 0.5) is 5.82 Å². The monoisotopic (exact) mass is 352 g/mol. The Morgan fingerprint density at radius 2 is 1.33 bits per heavy atom. The SMILES string of the molecule is O=C(Nc1ccc(-c2ccccc2)cn1)c1nccnc1-c1ccccc1. The van der Waals surface area contributed by atoms with Crippen molar-refractivity contribution in [2.45, 2.75) is 0 Å². The first-order valence-electron chi connectivity index (χ1n) is 8.50. The largest absolute Gasteiger partial charge is 0.305 e. The first-order valence-corrected chi connectivity index (χ1v) is 8.50. The van der Waals surface area contributed by atoms with Gasteiger partial charge < -0.3 is 5.32 Å². The number of nitrogens with one attached hydrogen (secondary N) is 1. The predicted octanol–water partition coefficient (Wildman–Crippen LogP) is 4.46. The lowest BCUT2D eigenvalue weighted by molar-refractivity contribution is 0.102. The lowest BCUT2D eigenvalue weighted by Crippen LogP contribution is -2.16. The highest BCUT2D eigenvalue weighted by atomic mass is 16.2. The summed E-state index contributed by atoms with van der Waals surface area (Å²) in [6.07, 6.45) is 4.82. The molecule has 0 aliphatic rings. The fraction of sp³-hybridized carbons (Fsp3) is 0. The topological polar surface area (TPSA) is 67.8 Å². The number of carbonyl (C=O) groups is 1. The van der Waals surface area contributed by atoms with Crippen LogP contribution in [0, 0.1) is 0 Å². The van der Waals surface area contributed by atoms with Gasteiger partial charge in [-0.2, -0.15) is 0 Å². The highest BCUT2D eigenvalue weighted by molar-refractivity contribution is 6.06. The van der Waals surface area contributed by atoms with Crippen molar-refractivity contribution < 1.29 is 4.79 Å². The third kappa shape index (κ3) is 3.72. The third-order valence-electron chi connectivity index (χ3n) is 4.07. The molecule has 5 nitrogen and oxygen atoms in total. The zero-order chi connectivity index (χ0) is 18.5. The molecular weight excluding hydrogens is 336 g/mol. The van der Waals surface area contributed by atoms with E-state index in [9.17, 15) is 4.79 Å². The minimum atomic E-state index is -0.345. The summed E-state index contributed by atoms with van der Waals surface area (Å²) < 4.78 is 0. The molecule has 0 saturated heterocycles. The standard InChI is InChI=1S/C22H16N4O/c27-22(21-20(23-13-14-24-21)17-9-5-2-6-10-17)26-19-12-11-18(15-25-19)16-7-3-1-4-8-16/h1-15H,(H,25,26,27). The Morgan fingerprint density at radius 3 is 2.00 bits per heavy atom. The van der Waals surface area contributed by atoms with E-state index >= 15 is 0 Å². The summed E-state index contributed by atoms with van der Waals surface area (Å²) in [5, 5.41) is 2.79. The van der Waals surface area contributed by atoms with Crippen LogP contribution >= 0.6 is 0 Å². The van der Waals surface area contributed by atoms with E-state index < -0.39 is 0 Å². The molecule has 1 amide bonds. The van der Waals surface area contributed by atoms with E-state index in [4.69, 9.17) is 0 Å². The first kappa shape index (κ1) is 16.6. The van der Waals surface area contributed by atoms with Gasteiger partial charge in [-0.15, -0.1) is 0 Å². The molecule has 5 heteroatoms. The third-order valence-corrected chi connectivity index (χ3v) is 4.07. The molecule has 0 radical (unpaired) electrons. The van der Waals surface area contributed by atoms with Crippen LogP contribution in [0.2, 0.25) is 0 Å². The van der Waals surface area contributed by atoms with E-state index in [1.54, 1.807) is 18.5 Å². The highest BCUT2D eigenvalue weighted by Crippen LogP contribution is 2.21. The summed E-state index contributed by atoms with van der Waals surface area (Å²) in [7, 11) is 0. The molecule has 0 unspecified atom stereocenters. The van der Waals surface area contributed by atoms with Gasteiger partial charge in [-0.3, -0.25) is 9.78 Å². The van der Waals surface area contributed by atoms with Crippen LogP contribution < -0.4 is 5.32 Å². The van der Waals surface area contributed by atoms with Gasteiger partial charge in [0.2, 0.25) is 0 Å². The van der Waals surface area contributed by atoms with E-state index in [1.165, 1.54) is 6.20 Å².